The number of benzene rings is 1. The molecule has 0 bridgehead atoms. The van der Waals surface area contributed by atoms with Gasteiger partial charge < -0.3 is 15.6 Å². The average molecular weight is 260 g/mol. The fourth-order valence-electron chi connectivity index (χ4n) is 1.67. The fraction of sp³-hybridized carbons (Fsp3) is 0.538. The van der Waals surface area contributed by atoms with E-state index in [1.165, 1.54) is 0 Å². The zero-order chi connectivity index (χ0) is 12.1. The van der Waals surface area contributed by atoms with Gasteiger partial charge in [0.15, 0.2) is 11.5 Å². The van der Waals surface area contributed by atoms with Crippen LogP contribution in [-0.4, -0.2) is 12.2 Å². The maximum Gasteiger partial charge on any atom is 0.162 e. The van der Waals surface area contributed by atoms with Crippen molar-refractivity contribution in [2.45, 2.75) is 32.7 Å². The lowest BCUT2D eigenvalue weighted by Gasteiger charge is -2.16. The third kappa shape index (κ3) is 4.44. The molecule has 3 nitrogen and oxygen atoms in total. The van der Waals surface area contributed by atoms with Gasteiger partial charge in [-0.15, -0.1) is 12.4 Å². The summed E-state index contributed by atoms with van der Waals surface area (Å²) < 4.78 is 5.06. The quantitative estimate of drug-likeness (QED) is 0.853. The van der Waals surface area contributed by atoms with E-state index < -0.39 is 0 Å². The number of rotatable bonds is 5. The van der Waals surface area contributed by atoms with Crippen molar-refractivity contribution in [3.63, 3.8) is 0 Å². The molecule has 3 N–H and O–H groups in total. The molecule has 4 heteroatoms. The Morgan fingerprint density at radius 2 is 1.94 bits per heavy atom. The number of aromatic hydroxyl groups is 1. The third-order valence-electron chi connectivity index (χ3n) is 2.70. The standard InChI is InChI=1S/C13H21NO2.ClH/c1-9(2)7-8-11(14)10-5-4-6-12(16-3)13(10)15;/h4-6,9,11,15H,7-8,14H2,1-3H3;1H/t11-;/m1./s1. The Hall–Kier alpha value is -0.930. The molecule has 1 atom stereocenters. The molecule has 0 amide bonds. The maximum absolute atomic E-state index is 9.92. The summed E-state index contributed by atoms with van der Waals surface area (Å²) in [6, 6.07) is 5.30. The fourth-order valence-corrected chi connectivity index (χ4v) is 1.67. The molecular formula is C13H22ClNO2. The van der Waals surface area contributed by atoms with Crippen LogP contribution in [0.5, 0.6) is 11.5 Å². The van der Waals surface area contributed by atoms with Crippen LogP contribution in [0.25, 0.3) is 0 Å². The van der Waals surface area contributed by atoms with Gasteiger partial charge in [-0.3, -0.25) is 0 Å². The minimum Gasteiger partial charge on any atom is -0.504 e. The molecule has 0 aliphatic heterocycles. The van der Waals surface area contributed by atoms with Gasteiger partial charge in [-0.2, -0.15) is 0 Å². The number of halogens is 1. The molecule has 0 radical (unpaired) electrons. The molecule has 17 heavy (non-hydrogen) atoms. The molecule has 1 aromatic carbocycles. The molecular weight excluding hydrogens is 238 g/mol. The largest absolute Gasteiger partial charge is 0.504 e. The first-order valence-corrected chi connectivity index (χ1v) is 5.67. The first kappa shape index (κ1) is 16.1. The Labute approximate surface area is 109 Å². The van der Waals surface area contributed by atoms with Gasteiger partial charge in [-0.25, -0.2) is 0 Å². The van der Waals surface area contributed by atoms with Crippen molar-refractivity contribution in [1.29, 1.82) is 0 Å². The summed E-state index contributed by atoms with van der Waals surface area (Å²) in [5, 5.41) is 9.92. The molecule has 0 aliphatic carbocycles. The van der Waals surface area contributed by atoms with Crippen LogP contribution in [0, 0.1) is 5.92 Å². The van der Waals surface area contributed by atoms with Crippen LogP contribution < -0.4 is 10.5 Å². The van der Waals surface area contributed by atoms with Crippen LogP contribution in [0.3, 0.4) is 0 Å². The number of hydrogen-bond donors (Lipinski definition) is 2. The number of ether oxygens (including phenoxy) is 1. The predicted octanol–water partition coefficient (Wildman–Crippen LogP) is 3.26. The molecule has 0 fully saturated rings. The third-order valence-corrected chi connectivity index (χ3v) is 2.70. The summed E-state index contributed by atoms with van der Waals surface area (Å²) in [7, 11) is 1.54. The summed E-state index contributed by atoms with van der Waals surface area (Å²) in [6.45, 7) is 4.33. The van der Waals surface area contributed by atoms with E-state index in [4.69, 9.17) is 10.5 Å². The SMILES string of the molecule is COc1cccc([C@H](N)CCC(C)C)c1O.Cl. The van der Waals surface area contributed by atoms with E-state index in [0.717, 1.165) is 18.4 Å². The Bertz CT molecular complexity index is 342. The molecule has 0 saturated heterocycles. The van der Waals surface area contributed by atoms with Gasteiger partial charge in [0, 0.05) is 11.6 Å². The van der Waals surface area contributed by atoms with Gasteiger partial charge >= 0.3 is 0 Å². The van der Waals surface area contributed by atoms with Crippen LogP contribution in [0.4, 0.5) is 0 Å². The molecule has 0 unspecified atom stereocenters. The molecule has 1 aromatic rings. The van der Waals surface area contributed by atoms with Gasteiger partial charge in [0.25, 0.3) is 0 Å². The van der Waals surface area contributed by atoms with Crippen molar-refractivity contribution in [3.05, 3.63) is 23.8 Å². The minimum absolute atomic E-state index is 0. The van der Waals surface area contributed by atoms with E-state index >= 15 is 0 Å². The second-order valence-corrected chi connectivity index (χ2v) is 4.48. The van der Waals surface area contributed by atoms with Gasteiger partial charge in [0.2, 0.25) is 0 Å². The van der Waals surface area contributed by atoms with Crippen molar-refractivity contribution in [1.82, 2.24) is 0 Å². The zero-order valence-corrected chi connectivity index (χ0v) is 11.5. The normalized spacial score (nSPS) is 12.1. The van der Waals surface area contributed by atoms with Crippen molar-refractivity contribution < 1.29 is 9.84 Å². The first-order chi connectivity index (χ1) is 7.56. The molecule has 0 heterocycles. The first-order valence-electron chi connectivity index (χ1n) is 5.67. The highest BCUT2D eigenvalue weighted by Gasteiger charge is 2.14. The summed E-state index contributed by atoms with van der Waals surface area (Å²) in [4.78, 5) is 0. The molecule has 0 spiro atoms. The number of nitrogens with two attached hydrogens (primary N) is 1. The number of para-hydroxylation sites is 1. The van der Waals surface area contributed by atoms with Crippen molar-refractivity contribution in [2.24, 2.45) is 11.7 Å². The highest BCUT2D eigenvalue weighted by Crippen LogP contribution is 2.34. The summed E-state index contributed by atoms with van der Waals surface area (Å²) in [5.41, 5.74) is 6.82. The van der Waals surface area contributed by atoms with Gasteiger partial charge in [0.05, 0.1) is 7.11 Å². The lowest BCUT2D eigenvalue weighted by Crippen LogP contribution is -2.11. The molecule has 0 aromatic heterocycles. The van der Waals surface area contributed by atoms with Crippen molar-refractivity contribution in [3.8, 4) is 11.5 Å². The van der Waals surface area contributed by atoms with Gasteiger partial charge in [-0.05, 0) is 24.8 Å². The van der Waals surface area contributed by atoms with Crippen LogP contribution in [-0.2, 0) is 0 Å². The second-order valence-electron chi connectivity index (χ2n) is 4.48. The Balaban J connectivity index is 0.00000256. The highest BCUT2D eigenvalue weighted by atomic mass is 35.5. The highest BCUT2D eigenvalue weighted by molar-refractivity contribution is 5.85. The van der Waals surface area contributed by atoms with Crippen LogP contribution in [0.1, 0.15) is 38.3 Å². The van der Waals surface area contributed by atoms with E-state index in [2.05, 4.69) is 13.8 Å². The number of methoxy groups -OCH3 is 1. The Morgan fingerprint density at radius 1 is 1.29 bits per heavy atom. The molecule has 0 aliphatic rings. The maximum atomic E-state index is 9.92. The van der Waals surface area contributed by atoms with Gasteiger partial charge in [-0.1, -0.05) is 26.0 Å². The van der Waals surface area contributed by atoms with E-state index in [-0.39, 0.29) is 24.2 Å². The van der Waals surface area contributed by atoms with Crippen LogP contribution in [0.15, 0.2) is 18.2 Å². The Morgan fingerprint density at radius 3 is 2.47 bits per heavy atom. The minimum atomic E-state index is -0.127. The predicted molar refractivity (Wildman–Crippen MR) is 72.9 cm³/mol. The van der Waals surface area contributed by atoms with Crippen molar-refractivity contribution in [2.75, 3.05) is 7.11 Å². The monoisotopic (exact) mass is 259 g/mol. The van der Waals surface area contributed by atoms with E-state index in [1.807, 2.05) is 12.1 Å². The topological polar surface area (TPSA) is 55.5 Å². The number of hydrogen-bond acceptors (Lipinski definition) is 3. The second kappa shape index (κ2) is 7.41. The lowest BCUT2D eigenvalue weighted by atomic mass is 9.97. The molecule has 98 valence electrons. The van der Waals surface area contributed by atoms with Crippen LogP contribution in [0.2, 0.25) is 0 Å². The number of phenols is 1. The molecule has 1 rings (SSSR count). The zero-order valence-electron chi connectivity index (χ0n) is 10.6. The van der Waals surface area contributed by atoms with Gasteiger partial charge in [0.1, 0.15) is 0 Å². The van der Waals surface area contributed by atoms with E-state index in [1.54, 1.807) is 13.2 Å². The molecule has 0 saturated carbocycles. The van der Waals surface area contributed by atoms with Crippen LogP contribution >= 0.6 is 12.4 Å². The smallest absolute Gasteiger partial charge is 0.162 e. The lowest BCUT2D eigenvalue weighted by molar-refractivity contribution is 0.366. The number of phenolic OH excluding ortho intramolecular Hbond substituents is 1. The average Bonchev–Trinajstić information content (AvgIpc) is 2.26. The van der Waals surface area contributed by atoms with E-state index in [9.17, 15) is 5.11 Å². The summed E-state index contributed by atoms with van der Waals surface area (Å²) >= 11 is 0. The summed E-state index contributed by atoms with van der Waals surface area (Å²) in [6.07, 6.45) is 1.93. The van der Waals surface area contributed by atoms with Crippen molar-refractivity contribution >= 4 is 12.4 Å². The Kier molecular flexibility index (Phi) is 7.00. The van der Waals surface area contributed by atoms with E-state index in [0.29, 0.717) is 11.7 Å². The summed E-state index contributed by atoms with van der Waals surface area (Å²) in [5.74, 6) is 1.28.